The van der Waals surface area contributed by atoms with Gasteiger partial charge in [-0.15, -0.1) is 0 Å². The van der Waals surface area contributed by atoms with Gasteiger partial charge >= 0.3 is 5.97 Å². The van der Waals surface area contributed by atoms with E-state index in [4.69, 9.17) is 9.84 Å². The number of hydrogen-bond donors (Lipinski definition) is 4. The average Bonchev–Trinajstić information content (AvgIpc) is 3.28. The van der Waals surface area contributed by atoms with Crippen molar-refractivity contribution < 1.29 is 43.0 Å². The summed E-state index contributed by atoms with van der Waals surface area (Å²) < 4.78 is 19.3. The molecule has 1 heterocycles. The first kappa shape index (κ1) is 30.2. The van der Waals surface area contributed by atoms with Crippen LogP contribution in [0.4, 0.5) is 4.39 Å². The minimum absolute atomic E-state index is 0.0257. The Morgan fingerprint density at radius 1 is 1.24 bits per heavy atom. The Labute approximate surface area is 219 Å². The zero-order valence-electron chi connectivity index (χ0n) is 21.4. The number of ether oxygens (including phenoxy) is 1. The van der Waals surface area contributed by atoms with E-state index in [-0.39, 0.29) is 30.9 Å². The summed E-state index contributed by atoms with van der Waals surface area (Å²) >= 11 is 0. The SMILES string of the molecule is CC[C@H](C)[C@H](NC(C)=O)C(=O)NCC(=O)N1C[C@@H](Oc2cccc(F)c2)C[C@H]1C(=O)N[C@H](C=O)CC(=O)O. The fraction of sp³-hybridized carbons (Fsp3) is 0.520. The highest BCUT2D eigenvalue weighted by atomic mass is 19.1. The van der Waals surface area contributed by atoms with Crippen LogP contribution in [-0.2, 0) is 28.8 Å². The third-order valence-electron chi connectivity index (χ3n) is 6.14. The maximum Gasteiger partial charge on any atom is 0.305 e. The number of likely N-dealkylation sites (tertiary alicyclic amines) is 1. The third-order valence-corrected chi connectivity index (χ3v) is 6.14. The topological polar surface area (TPSA) is 171 Å². The zero-order chi connectivity index (χ0) is 28.4. The Hall–Kier alpha value is -4.03. The van der Waals surface area contributed by atoms with Crippen LogP contribution in [0.25, 0.3) is 0 Å². The first-order valence-corrected chi connectivity index (χ1v) is 12.2. The van der Waals surface area contributed by atoms with Crippen LogP contribution >= 0.6 is 0 Å². The van der Waals surface area contributed by atoms with E-state index >= 15 is 0 Å². The molecule has 13 heteroatoms. The van der Waals surface area contributed by atoms with E-state index < -0.39 is 72.6 Å². The second-order valence-electron chi connectivity index (χ2n) is 9.13. The second kappa shape index (κ2) is 14.1. The second-order valence-corrected chi connectivity index (χ2v) is 9.13. The Morgan fingerprint density at radius 2 is 1.95 bits per heavy atom. The monoisotopic (exact) mass is 536 g/mol. The van der Waals surface area contributed by atoms with Crippen LogP contribution in [0.5, 0.6) is 5.75 Å². The van der Waals surface area contributed by atoms with Crippen LogP contribution in [-0.4, -0.2) is 83.2 Å². The van der Waals surface area contributed by atoms with Gasteiger partial charge in [0.05, 0.1) is 25.6 Å². The minimum atomic E-state index is -1.31. The highest BCUT2D eigenvalue weighted by Gasteiger charge is 2.41. The first-order chi connectivity index (χ1) is 17.9. The van der Waals surface area contributed by atoms with E-state index in [1.807, 2.05) is 6.92 Å². The predicted octanol–water partition coefficient (Wildman–Crippen LogP) is -0.000600. The molecule has 1 aliphatic rings. The smallest absolute Gasteiger partial charge is 0.305 e. The van der Waals surface area contributed by atoms with Gasteiger partial charge in [0.15, 0.2) is 0 Å². The number of aldehydes is 1. The summed E-state index contributed by atoms with van der Waals surface area (Å²) in [5.74, 6) is -4.26. The number of carboxylic acid groups (broad SMARTS) is 1. The molecule has 5 atom stereocenters. The van der Waals surface area contributed by atoms with Crippen molar-refractivity contribution in [3.8, 4) is 5.75 Å². The molecule has 0 radical (unpaired) electrons. The molecule has 1 aliphatic heterocycles. The number of carbonyl (C=O) groups excluding carboxylic acids is 5. The summed E-state index contributed by atoms with van der Waals surface area (Å²) in [4.78, 5) is 73.7. The minimum Gasteiger partial charge on any atom is -0.488 e. The number of hydrogen-bond acceptors (Lipinski definition) is 7. The van der Waals surface area contributed by atoms with E-state index in [0.717, 1.165) is 11.0 Å². The van der Waals surface area contributed by atoms with E-state index in [1.54, 1.807) is 6.92 Å². The molecule has 0 aliphatic carbocycles. The highest BCUT2D eigenvalue weighted by Crippen LogP contribution is 2.24. The van der Waals surface area contributed by atoms with Crippen molar-refractivity contribution in [1.29, 1.82) is 0 Å². The molecule has 38 heavy (non-hydrogen) atoms. The molecule has 0 unspecified atom stereocenters. The van der Waals surface area contributed by atoms with Gasteiger partial charge in [0.2, 0.25) is 23.6 Å². The van der Waals surface area contributed by atoms with Crippen molar-refractivity contribution in [2.45, 2.75) is 64.3 Å². The highest BCUT2D eigenvalue weighted by molar-refractivity contribution is 5.93. The molecule has 0 bridgehead atoms. The van der Waals surface area contributed by atoms with Crippen LogP contribution in [0.1, 0.15) is 40.0 Å². The van der Waals surface area contributed by atoms with Crippen LogP contribution in [0.3, 0.4) is 0 Å². The summed E-state index contributed by atoms with van der Waals surface area (Å²) in [6.45, 7) is 4.32. The van der Waals surface area contributed by atoms with Gasteiger partial charge in [-0.3, -0.25) is 24.0 Å². The standard InChI is InChI=1S/C25H33FN4O8/c1-4-14(2)23(28-15(3)32)25(37)27-11-21(33)30-12-19(38-18-7-5-6-16(26)8-18)10-20(30)24(36)29-17(13-31)9-22(34)35/h5-8,13-14,17,19-20,23H,4,9-12H2,1-3H3,(H,27,37)(H,28,32)(H,29,36)(H,34,35)/t14-,17-,19-,20-,23-/m0/s1. The molecule has 1 fully saturated rings. The molecule has 4 N–H and O–H groups in total. The summed E-state index contributed by atoms with van der Waals surface area (Å²) in [6, 6.07) is 2.00. The molecule has 208 valence electrons. The quantitative estimate of drug-likeness (QED) is 0.255. The number of carboxylic acids is 1. The Morgan fingerprint density at radius 3 is 2.53 bits per heavy atom. The van der Waals surface area contributed by atoms with Crippen LogP contribution in [0.2, 0.25) is 0 Å². The van der Waals surface area contributed by atoms with Gasteiger partial charge < -0.3 is 35.5 Å². The molecular formula is C25H33FN4O8. The van der Waals surface area contributed by atoms with Gasteiger partial charge in [-0.25, -0.2) is 4.39 Å². The Kier molecular flexibility index (Phi) is 11.2. The summed E-state index contributed by atoms with van der Waals surface area (Å²) in [5, 5.41) is 16.3. The third kappa shape index (κ3) is 8.82. The molecule has 0 saturated carbocycles. The van der Waals surface area contributed by atoms with Gasteiger partial charge in [0.25, 0.3) is 0 Å². The Balaban J connectivity index is 2.17. The lowest BCUT2D eigenvalue weighted by atomic mass is 9.98. The number of nitrogens with one attached hydrogen (secondary N) is 3. The first-order valence-electron chi connectivity index (χ1n) is 12.2. The average molecular weight is 537 g/mol. The molecule has 0 aromatic heterocycles. The van der Waals surface area contributed by atoms with Crippen LogP contribution in [0, 0.1) is 11.7 Å². The van der Waals surface area contributed by atoms with Gasteiger partial charge in [-0.05, 0) is 18.1 Å². The summed E-state index contributed by atoms with van der Waals surface area (Å²) in [6.07, 6.45) is -0.523. The Bertz CT molecular complexity index is 1050. The van der Waals surface area contributed by atoms with Crippen molar-refractivity contribution in [3.63, 3.8) is 0 Å². The number of aliphatic carboxylic acids is 1. The molecule has 0 spiro atoms. The summed E-state index contributed by atoms with van der Waals surface area (Å²) in [7, 11) is 0. The fourth-order valence-electron chi connectivity index (χ4n) is 4.04. The lowest BCUT2D eigenvalue weighted by Crippen LogP contribution is -2.54. The molecular weight excluding hydrogens is 503 g/mol. The number of amides is 4. The lowest BCUT2D eigenvalue weighted by Gasteiger charge is -2.26. The summed E-state index contributed by atoms with van der Waals surface area (Å²) in [5.41, 5.74) is 0. The van der Waals surface area contributed by atoms with Gasteiger partial charge in [0.1, 0.15) is 36.0 Å². The maximum atomic E-state index is 13.6. The van der Waals surface area contributed by atoms with Gasteiger partial charge in [-0.2, -0.15) is 0 Å². The van der Waals surface area contributed by atoms with Crippen LogP contribution < -0.4 is 20.7 Å². The predicted molar refractivity (Wildman–Crippen MR) is 131 cm³/mol. The van der Waals surface area contributed by atoms with Gasteiger partial charge in [-0.1, -0.05) is 26.3 Å². The van der Waals surface area contributed by atoms with Crippen molar-refractivity contribution in [3.05, 3.63) is 30.1 Å². The molecule has 4 amide bonds. The number of halogens is 1. The molecule has 1 aromatic carbocycles. The number of nitrogens with zero attached hydrogens (tertiary/aromatic N) is 1. The van der Waals surface area contributed by atoms with Crippen molar-refractivity contribution in [2.75, 3.05) is 13.1 Å². The van der Waals surface area contributed by atoms with E-state index in [9.17, 15) is 33.2 Å². The van der Waals surface area contributed by atoms with Crippen molar-refractivity contribution in [2.24, 2.45) is 5.92 Å². The normalized spacial score (nSPS) is 19.0. The number of benzene rings is 1. The lowest BCUT2D eigenvalue weighted by molar-refractivity contribution is -0.141. The molecule has 1 aromatic rings. The number of rotatable bonds is 13. The van der Waals surface area contributed by atoms with E-state index in [2.05, 4.69) is 16.0 Å². The van der Waals surface area contributed by atoms with Crippen molar-refractivity contribution >= 4 is 35.9 Å². The largest absolute Gasteiger partial charge is 0.488 e. The van der Waals surface area contributed by atoms with Crippen LogP contribution in [0.15, 0.2) is 24.3 Å². The van der Waals surface area contributed by atoms with E-state index in [1.165, 1.54) is 25.1 Å². The number of carbonyl (C=O) groups is 6. The van der Waals surface area contributed by atoms with E-state index in [0.29, 0.717) is 6.42 Å². The van der Waals surface area contributed by atoms with Gasteiger partial charge in [0, 0.05) is 19.4 Å². The fourth-order valence-corrected chi connectivity index (χ4v) is 4.04. The maximum absolute atomic E-state index is 13.6. The zero-order valence-corrected chi connectivity index (χ0v) is 21.4. The molecule has 1 saturated heterocycles. The van der Waals surface area contributed by atoms with Crippen molar-refractivity contribution in [1.82, 2.24) is 20.9 Å². The molecule has 12 nitrogen and oxygen atoms in total. The molecule has 2 rings (SSSR count).